The summed E-state index contributed by atoms with van der Waals surface area (Å²) in [4.78, 5) is 4.30. The van der Waals surface area contributed by atoms with Gasteiger partial charge in [0.25, 0.3) is 0 Å². The van der Waals surface area contributed by atoms with E-state index in [1.54, 1.807) is 0 Å². The third kappa shape index (κ3) is 2.83. The number of allylic oxidation sites excluding steroid dienone is 3. The Kier molecular flexibility index (Phi) is 4.32. The van der Waals surface area contributed by atoms with Gasteiger partial charge in [0, 0.05) is 29.1 Å². The number of hydrogen-bond acceptors (Lipinski definition) is 3. The molecule has 0 aliphatic heterocycles. The molecule has 2 N–H and O–H groups in total. The van der Waals surface area contributed by atoms with Crippen molar-refractivity contribution in [3.63, 3.8) is 0 Å². The van der Waals surface area contributed by atoms with Gasteiger partial charge in [0.15, 0.2) is 0 Å². The quantitative estimate of drug-likeness (QED) is 0.641. The molecule has 4 unspecified atom stereocenters. The molecular formula is C28H31NO2. The van der Waals surface area contributed by atoms with E-state index in [2.05, 4.69) is 54.4 Å². The molecule has 6 rings (SSSR count). The number of benzene rings is 1. The minimum absolute atomic E-state index is 0.0826. The lowest BCUT2D eigenvalue weighted by Crippen LogP contribution is -2.48. The highest BCUT2D eigenvalue weighted by atomic mass is 16.3. The maximum atomic E-state index is 12.1. The zero-order valence-corrected chi connectivity index (χ0v) is 18.2. The zero-order valence-electron chi connectivity index (χ0n) is 18.2. The molecule has 1 fully saturated rings. The third-order valence-electron chi connectivity index (χ3n) is 8.80. The van der Waals surface area contributed by atoms with Crippen molar-refractivity contribution in [1.29, 1.82) is 0 Å². The summed E-state index contributed by atoms with van der Waals surface area (Å²) in [6.45, 7) is 2.34. The molecule has 3 heteroatoms. The Morgan fingerprint density at radius 2 is 1.97 bits per heavy atom. The SMILES string of the molecule is CC12CC=C3C=C4C(O)CCCC4CC[C@]3(O)C1CC=C2c1ccc2ccncc2c1. The van der Waals surface area contributed by atoms with Crippen LogP contribution in [0.4, 0.5) is 0 Å². The van der Waals surface area contributed by atoms with Crippen molar-refractivity contribution in [2.24, 2.45) is 17.3 Å². The molecule has 4 aliphatic rings. The summed E-state index contributed by atoms with van der Waals surface area (Å²) in [6.07, 6.45) is 16.9. The van der Waals surface area contributed by atoms with Crippen LogP contribution in [0.25, 0.3) is 16.3 Å². The Morgan fingerprint density at radius 3 is 2.87 bits per heavy atom. The Hall–Kier alpha value is -2.23. The van der Waals surface area contributed by atoms with Crippen LogP contribution in [0.2, 0.25) is 0 Å². The van der Waals surface area contributed by atoms with Crippen molar-refractivity contribution in [1.82, 2.24) is 4.98 Å². The Labute approximate surface area is 184 Å². The van der Waals surface area contributed by atoms with Gasteiger partial charge in [-0.25, -0.2) is 0 Å². The number of rotatable bonds is 1. The molecular weight excluding hydrogens is 382 g/mol. The van der Waals surface area contributed by atoms with Gasteiger partial charge in [-0.05, 0) is 90.7 Å². The van der Waals surface area contributed by atoms with Crippen LogP contribution < -0.4 is 0 Å². The molecule has 0 radical (unpaired) electrons. The molecule has 1 aromatic carbocycles. The first kappa shape index (κ1) is 19.5. The number of aliphatic hydroxyl groups excluding tert-OH is 1. The van der Waals surface area contributed by atoms with Gasteiger partial charge >= 0.3 is 0 Å². The fourth-order valence-corrected chi connectivity index (χ4v) is 7.06. The number of hydrogen-bond donors (Lipinski definition) is 2. The van der Waals surface area contributed by atoms with Crippen molar-refractivity contribution in [3.05, 3.63) is 71.6 Å². The lowest BCUT2D eigenvalue weighted by atomic mass is 9.58. The molecule has 5 atom stereocenters. The zero-order chi connectivity index (χ0) is 21.2. The monoisotopic (exact) mass is 413 g/mol. The van der Waals surface area contributed by atoms with E-state index in [1.807, 2.05) is 12.4 Å². The maximum absolute atomic E-state index is 12.1. The van der Waals surface area contributed by atoms with Crippen molar-refractivity contribution in [3.8, 4) is 0 Å². The smallest absolute Gasteiger partial charge is 0.0933 e. The summed E-state index contributed by atoms with van der Waals surface area (Å²) in [5.41, 5.74) is 3.95. The van der Waals surface area contributed by atoms with Crippen LogP contribution >= 0.6 is 0 Å². The molecule has 0 saturated heterocycles. The van der Waals surface area contributed by atoms with Gasteiger partial charge in [-0.15, -0.1) is 0 Å². The average Bonchev–Trinajstić information content (AvgIpc) is 3.05. The van der Waals surface area contributed by atoms with Gasteiger partial charge in [0.2, 0.25) is 0 Å². The highest BCUT2D eigenvalue weighted by Crippen LogP contribution is 2.61. The van der Waals surface area contributed by atoms with Gasteiger partial charge in [0.1, 0.15) is 0 Å². The van der Waals surface area contributed by atoms with Gasteiger partial charge in [-0.2, -0.15) is 0 Å². The van der Waals surface area contributed by atoms with Crippen LogP contribution in [0.5, 0.6) is 0 Å². The summed E-state index contributed by atoms with van der Waals surface area (Å²) in [7, 11) is 0. The van der Waals surface area contributed by atoms with Crippen molar-refractivity contribution in [2.45, 2.75) is 63.6 Å². The molecule has 0 amide bonds. The molecule has 0 bridgehead atoms. The highest BCUT2D eigenvalue weighted by molar-refractivity contribution is 5.87. The van der Waals surface area contributed by atoms with Gasteiger partial charge in [-0.3, -0.25) is 4.98 Å². The summed E-state index contributed by atoms with van der Waals surface area (Å²) in [5, 5.41) is 25.1. The predicted octanol–water partition coefficient (Wildman–Crippen LogP) is 5.59. The molecule has 1 saturated carbocycles. The minimum Gasteiger partial charge on any atom is -0.389 e. The predicted molar refractivity (Wildman–Crippen MR) is 124 cm³/mol. The van der Waals surface area contributed by atoms with E-state index in [0.29, 0.717) is 5.92 Å². The van der Waals surface area contributed by atoms with E-state index >= 15 is 0 Å². The highest BCUT2D eigenvalue weighted by Gasteiger charge is 2.55. The van der Waals surface area contributed by atoms with Crippen LogP contribution in [0.15, 0.2) is 66.0 Å². The van der Waals surface area contributed by atoms with E-state index < -0.39 is 5.60 Å². The largest absolute Gasteiger partial charge is 0.389 e. The second-order valence-corrected chi connectivity index (χ2v) is 10.4. The van der Waals surface area contributed by atoms with Crippen molar-refractivity contribution >= 4 is 16.3 Å². The van der Waals surface area contributed by atoms with Crippen molar-refractivity contribution in [2.75, 3.05) is 0 Å². The fraction of sp³-hybridized carbons (Fsp3) is 0.464. The molecule has 160 valence electrons. The van der Waals surface area contributed by atoms with Crippen LogP contribution in [0.1, 0.15) is 57.4 Å². The van der Waals surface area contributed by atoms with Gasteiger partial charge in [0.05, 0.1) is 11.7 Å². The number of fused-ring (bicyclic) bond motifs is 5. The normalized spacial score (nSPS) is 37.1. The number of aromatic nitrogens is 1. The summed E-state index contributed by atoms with van der Waals surface area (Å²) >= 11 is 0. The van der Waals surface area contributed by atoms with E-state index in [0.717, 1.165) is 55.9 Å². The maximum Gasteiger partial charge on any atom is 0.0933 e. The van der Waals surface area contributed by atoms with E-state index in [-0.39, 0.29) is 17.4 Å². The Bertz CT molecular complexity index is 1140. The number of nitrogens with zero attached hydrogens (tertiary/aromatic N) is 1. The lowest BCUT2D eigenvalue weighted by Gasteiger charge is -2.48. The molecule has 1 heterocycles. The summed E-state index contributed by atoms with van der Waals surface area (Å²) in [5.74, 6) is 0.598. The van der Waals surface area contributed by atoms with Crippen LogP contribution in [0.3, 0.4) is 0 Å². The molecule has 4 aliphatic carbocycles. The molecule has 0 spiro atoms. The topological polar surface area (TPSA) is 53.4 Å². The van der Waals surface area contributed by atoms with Gasteiger partial charge < -0.3 is 10.2 Å². The Morgan fingerprint density at radius 1 is 1.06 bits per heavy atom. The van der Waals surface area contributed by atoms with Crippen LogP contribution in [0, 0.1) is 17.3 Å². The number of pyridine rings is 1. The van der Waals surface area contributed by atoms with E-state index in [4.69, 9.17) is 0 Å². The molecule has 3 nitrogen and oxygen atoms in total. The lowest BCUT2D eigenvalue weighted by molar-refractivity contribution is -0.0330. The minimum atomic E-state index is -0.812. The second kappa shape index (κ2) is 6.88. The summed E-state index contributed by atoms with van der Waals surface area (Å²) < 4.78 is 0. The van der Waals surface area contributed by atoms with Crippen LogP contribution in [-0.2, 0) is 0 Å². The third-order valence-corrected chi connectivity index (χ3v) is 8.80. The Balaban J connectivity index is 1.40. The first-order valence-electron chi connectivity index (χ1n) is 11.9. The van der Waals surface area contributed by atoms with Crippen molar-refractivity contribution < 1.29 is 10.2 Å². The second-order valence-electron chi connectivity index (χ2n) is 10.4. The number of aliphatic hydroxyl groups is 2. The first-order chi connectivity index (χ1) is 15.0. The molecule has 1 aromatic heterocycles. The molecule has 2 aromatic rings. The van der Waals surface area contributed by atoms with Crippen LogP contribution in [-0.4, -0.2) is 26.9 Å². The van der Waals surface area contributed by atoms with Gasteiger partial charge in [-0.1, -0.05) is 37.3 Å². The van der Waals surface area contributed by atoms with E-state index in [9.17, 15) is 10.2 Å². The molecule has 31 heavy (non-hydrogen) atoms. The van der Waals surface area contributed by atoms with E-state index in [1.165, 1.54) is 22.1 Å². The summed E-state index contributed by atoms with van der Waals surface area (Å²) in [6, 6.07) is 8.72. The standard InChI is InChI=1S/C28H31NO2/c1-27-12-10-22-16-23-19(3-2-4-25(23)30)9-13-28(22,31)26(27)8-7-24(27)20-6-5-18-11-14-29-17-21(18)15-20/h5-7,10-11,14-17,19,25-26,30-31H,2-4,8-9,12-13H2,1H3/t19?,25?,26?,27?,28-/m1/s1. The first-order valence-corrected chi connectivity index (χ1v) is 11.9. The average molecular weight is 414 g/mol. The fourth-order valence-electron chi connectivity index (χ4n) is 7.06.